The number of para-hydroxylation sites is 1. The number of rotatable bonds is 5. The van der Waals surface area contributed by atoms with Crippen molar-refractivity contribution in [3.05, 3.63) is 50.6 Å². The number of thiophene rings is 1. The Balaban J connectivity index is 1.92. The predicted octanol–water partition coefficient (Wildman–Crippen LogP) is 4.13. The van der Waals surface area contributed by atoms with Crippen LogP contribution in [0.25, 0.3) is 0 Å². The normalized spacial score (nSPS) is 10.8. The molecule has 20 heavy (non-hydrogen) atoms. The number of amides is 1. The Morgan fingerprint density at radius 3 is 2.60 bits per heavy atom. The molecule has 6 heteroatoms. The van der Waals surface area contributed by atoms with Crippen LogP contribution in [0.5, 0.6) is 0 Å². The first-order valence-electron chi connectivity index (χ1n) is 5.99. The minimum atomic E-state index is -0.141. The number of carbonyl (C=O) groups is 1. The van der Waals surface area contributed by atoms with Crippen molar-refractivity contribution in [1.29, 1.82) is 0 Å². The zero-order valence-electron chi connectivity index (χ0n) is 10.9. The molecule has 106 valence electrons. The van der Waals surface area contributed by atoms with Gasteiger partial charge in [0.2, 0.25) is 5.91 Å². The number of anilines is 1. The maximum absolute atomic E-state index is 12.0. The Kier molecular flexibility index (Phi) is 5.43. The monoisotopic (exact) mass is 328 g/mol. The van der Waals surface area contributed by atoms with Crippen LogP contribution >= 0.6 is 34.5 Å². The standard InChI is InChI=1S/C14H14Cl2N2OS/c1-18(7-10-5-6-20-9-10)8-13(19)17-14-11(15)3-2-4-12(14)16/h2-6,9H,7-8H2,1H3,(H,17,19). The van der Waals surface area contributed by atoms with E-state index >= 15 is 0 Å². The molecule has 2 rings (SSSR count). The van der Waals surface area contributed by atoms with Crippen LogP contribution in [-0.2, 0) is 11.3 Å². The van der Waals surface area contributed by atoms with Gasteiger partial charge in [-0.1, -0.05) is 29.3 Å². The third-order valence-electron chi connectivity index (χ3n) is 2.67. The summed E-state index contributed by atoms with van der Waals surface area (Å²) in [5, 5.41) is 7.71. The quantitative estimate of drug-likeness (QED) is 0.895. The van der Waals surface area contributed by atoms with Crippen molar-refractivity contribution in [2.45, 2.75) is 6.54 Å². The molecule has 1 heterocycles. The third kappa shape index (κ3) is 4.21. The second-order valence-corrected chi connectivity index (χ2v) is 6.04. The summed E-state index contributed by atoms with van der Waals surface area (Å²) in [4.78, 5) is 13.9. The summed E-state index contributed by atoms with van der Waals surface area (Å²) in [5.41, 5.74) is 1.66. The van der Waals surface area contributed by atoms with E-state index in [9.17, 15) is 4.79 Å². The van der Waals surface area contributed by atoms with Crippen molar-refractivity contribution < 1.29 is 4.79 Å². The molecule has 0 radical (unpaired) electrons. The molecule has 3 nitrogen and oxygen atoms in total. The van der Waals surface area contributed by atoms with Crippen molar-refractivity contribution in [1.82, 2.24) is 4.90 Å². The van der Waals surface area contributed by atoms with Gasteiger partial charge in [-0.3, -0.25) is 9.69 Å². The second kappa shape index (κ2) is 7.09. The Hall–Kier alpha value is -1.07. The summed E-state index contributed by atoms with van der Waals surface area (Å²) in [5.74, 6) is -0.141. The lowest BCUT2D eigenvalue weighted by Gasteiger charge is -2.16. The summed E-state index contributed by atoms with van der Waals surface area (Å²) in [6, 6.07) is 7.17. The highest BCUT2D eigenvalue weighted by Gasteiger charge is 2.11. The molecule has 1 N–H and O–H groups in total. The van der Waals surface area contributed by atoms with E-state index in [0.29, 0.717) is 15.7 Å². The van der Waals surface area contributed by atoms with Gasteiger partial charge >= 0.3 is 0 Å². The van der Waals surface area contributed by atoms with E-state index in [0.717, 1.165) is 6.54 Å². The van der Waals surface area contributed by atoms with Gasteiger partial charge in [-0.05, 0) is 41.6 Å². The van der Waals surface area contributed by atoms with Gasteiger partial charge in [0.1, 0.15) is 0 Å². The van der Waals surface area contributed by atoms with Crippen molar-refractivity contribution in [2.24, 2.45) is 0 Å². The molecule has 0 bridgehead atoms. The molecular weight excluding hydrogens is 315 g/mol. The van der Waals surface area contributed by atoms with E-state index < -0.39 is 0 Å². The predicted molar refractivity (Wildman–Crippen MR) is 85.7 cm³/mol. The number of hydrogen-bond donors (Lipinski definition) is 1. The fourth-order valence-corrected chi connectivity index (χ4v) is 2.94. The lowest BCUT2D eigenvalue weighted by molar-refractivity contribution is -0.117. The Morgan fingerprint density at radius 2 is 2.00 bits per heavy atom. The fraction of sp³-hybridized carbons (Fsp3) is 0.214. The molecule has 0 spiro atoms. The lowest BCUT2D eigenvalue weighted by Crippen LogP contribution is -2.29. The summed E-state index contributed by atoms with van der Waals surface area (Å²) in [7, 11) is 1.89. The van der Waals surface area contributed by atoms with Gasteiger partial charge in [-0.25, -0.2) is 0 Å². The first kappa shape index (κ1) is 15.3. The van der Waals surface area contributed by atoms with E-state index in [1.165, 1.54) is 5.56 Å². The maximum Gasteiger partial charge on any atom is 0.238 e. The molecule has 0 fully saturated rings. The fourth-order valence-electron chi connectivity index (χ4n) is 1.79. The Labute approximate surface area is 132 Å². The van der Waals surface area contributed by atoms with Gasteiger partial charge in [0, 0.05) is 6.54 Å². The van der Waals surface area contributed by atoms with Crippen LogP contribution in [0.3, 0.4) is 0 Å². The van der Waals surface area contributed by atoms with Gasteiger partial charge in [-0.15, -0.1) is 0 Å². The minimum Gasteiger partial charge on any atom is -0.322 e. The van der Waals surface area contributed by atoms with Crippen LogP contribution < -0.4 is 5.32 Å². The molecule has 0 saturated heterocycles. The van der Waals surface area contributed by atoms with Crippen LogP contribution in [-0.4, -0.2) is 24.4 Å². The SMILES string of the molecule is CN(CC(=O)Nc1c(Cl)cccc1Cl)Cc1ccsc1. The number of halogens is 2. The second-order valence-electron chi connectivity index (χ2n) is 4.45. The average Bonchev–Trinajstić information content (AvgIpc) is 2.86. The number of nitrogens with one attached hydrogen (secondary N) is 1. The molecule has 2 aromatic rings. The summed E-state index contributed by atoms with van der Waals surface area (Å²) in [6.07, 6.45) is 0. The van der Waals surface area contributed by atoms with E-state index in [4.69, 9.17) is 23.2 Å². The first-order valence-corrected chi connectivity index (χ1v) is 7.69. The molecule has 0 aliphatic carbocycles. The molecule has 1 aromatic carbocycles. The number of carbonyl (C=O) groups excluding carboxylic acids is 1. The number of hydrogen-bond acceptors (Lipinski definition) is 3. The van der Waals surface area contributed by atoms with Crippen LogP contribution in [0.4, 0.5) is 5.69 Å². The van der Waals surface area contributed by atoms with E-state index in [1.807, 2.05) is 23.4 Å². The average molecular weight is 329 g/mol. The minimum absolute atomic E-state index is 0.141. The molecular formula is C14H14Cl2N2OS. The number of nitrogens with zero attached hydrogens (tertiary/aromatic N) is 1. The van der Waals surface area contributed by atoms with E-state index in [1.54, 1.807) is 29.5 Å². The van der Waals surface area contributed by atoms with Crippen LogP contribution in [0.2, 0.25) is 10.0 Å². The first-order chi connectivity index (χ1) is 9.56. The molecule has 1 aromatic heterocycles. The highest BCUT2D eigenvalue weighted by atomic mass is 35.5. The molecule has 0 unspecified atom stereocenters. The van der Waals surface area contributed by atoms with Crippen LogP contribution in [0.15, 0.2) is 35.0 Å². The summed E-state index contributed by atoms with van der Waals surface area (Å²) in [6.45, 7) is 1.00. The van der Waals surface area contributed by atoms with Crippen LogP contribution in [0, 0.1) is 0 Å². The van der Waals surface area contributed by atoms with Gasteiger partial charge in [-0.2, -0.15) is 11.3 Å². The van der Waals surface area contributed by atoms with Crippen molar-refractivity contribution >= 4 is 46.1 Å². The van der Waals surface area contributed by atoms with E-state index in [-0.39, 0.29) is 12.5 Å². The molecule has 0 aliphatic rings. The van der Waals surface area contributed by atoms with Crippen molar-refractivity contribution in [2.75, 3.05) is 18.9 Å². The highest BCUT2D eigenvalue weighted by Crippen LogP contribution is 2.29. The van der Waals surface area contributed by atoms with Crippen molar-refractivity contribution in [3.63, 3.8) is 0 Å². The molecule has 0 aliphatic heterocycles. The third-order valence-corrected chi connectivity index (χ3v) is 4.04. The Bertz CT molecular complexity index is 567. The van der Waals surface area contributed by atoms with Gasteiger partial charge < -0.3 is 5.32 Å². The summed E-state index contributed by atoms with van der Waals surface area (Å²) < 4.78 is 0. The topological polar surface area (TPSA) is 32.3 Å². The molecule has 0 saturated carbocycles. The van der Waals surface area contributed by atoms with Crippen molar-refractivity contribution in [3.8, 4) is 0 Å². The van der Waals surface area contributed by atoms with Gasteiger partial charge in [0.15, 0.2) is 0 Å². The van der Waals surface area contributed by atoms with Gasteiger partial charge in [0.25, 0.3) is 0 Å². The zero-order valence-corrected chi connectivity index (χ0v) is 13.2. The molecule has 1 amide bonds. The highest BCUT2D eigenvalue weighted by molar-refractivity contribution is 7.07. The lowest BCUT2D eigenvalue weighted by atomic mass is 10.3. The number of benzene rings is 1. The van der Waals surface area contributed by atoms with E-state index in [2.05, 4.69) is 10.7 Å². The smallest absolute Gasteiger partial charge is 0.238 e. The summed E-state index contributed by atoms with van der Waals surface area (Å²) >= 11 is 13.7. The van der Waals surface area contributed by atoms with Crippen LogP contribution in [0.1, 0.15) is 5.56 Å². The zero-order chi connectivity index (χ0) is 14.5. The Morgan fingerprint density at radius 1 is 1.30 bits per heavy atom. The van der Waals surface area contributed by atoms with Gasteiger partial charge in [0.05, 0.1) is 22.3 Å². The largest absolute Gasteiger partial charge is 0.322 e. The maximum atomic E-state index is 12.0. The molecule has 0 atom stereocenters. The number of likely N-dealkylation sites (N-methyl/N-ethyl adjacent to an activating group) is 1.